The Bertz CT molecular complexity index is 465. The summed E-state index contributed by atoms with van der Waals surface area (Å²) in [6, 6.07) is -0.718. The Kier molecular flexibility index (Phi) is 4.00. The van der Waals surface area contributed by atoms with E-state index in [9.17, 15) is 14.4 Å². The van der Waals surface area contributed by atoms with Gasteiger partial charge in [0.05, 0.1) is 0 Å². The van der Waals surface area contributed by atoms with Gasteiger partial charge in [-0.1, -0.05) is 0 Å². The lowest BCUT2D eigenvalue weighted by atomic mass is 9.49. The zero-order valence-corrected chi connectivity index (χ0v) is 13.3. The number of amides is 2. The number of ketones is 1. The minimum Gasteiger partial charge on any atom is -0.368 e. The quantitative estimate of drug-likeness (QED) is 0.780. The zero-order chi connectivity index (χ0) is 15.9. The molecule has 3 N–H and O–H groups in total. The van der Waals surface area contributed by atoms with Crippen LogP contribution in [0.3, 0.4) is 0 Å². The Morgan fingerprint density at radius 3 is 2.00 bits per heavy atom. The number of hydrogen-bond acceptors (Lipinski definition) is 3. The minimum atomic E-state index is -0.718. The van der Waals surface area contributed by atoms with Crippen molar-refractivity contribution >= 4 is 17.6 Å². The van der Waals surface area contributed by atoms with E-state index in [1.54, 1.807) is 0 Å². The molecule has 0 heterocycles. The molecule has 22 heavy (non-hydrogen) atoms. The van der Waals surface area contributed by atoms with Crippen molar-refractivity contribution in [1.82, 2.24) is 5.32 Å². The van der Waals surface area contributed by atoms with Gasteiger partial charge in [0.25, 0.3) is 0 Å². The maximum absolute atomic E-state index is 12.9. The molecule has 0 spiro atoms. The first-order valence-corrected chi connectivity index (χ1v) is 8.48. The lowest BCUT2D eigenvalue weighted by molar-refractivity contribution is -0.148. The Morgan fingerprint density at radius 2 is 1.59 bits per heavy atom. The summed E-state index contributed by atoms with van der Waals surface area (Å²) in [5.74, 6) is 1.51. The van der Waals surface area contributed by atoms with E-state index >= 15 is 0 Å². The predicted molar refractivity (Wildman–Crippen MR) is 81.6 cm³/mol. The molecule has 4 rings (SSSR count). The summed E-state index contributed by atoms with van der Waals surface area (Å²) in [6.45, 7) is 1.49. The van der Waals surface area contributed by atoms with E-state index in [-0.39, 0.29) is 23.5 Å². The first-order chi connectivity index (χ1) is 10.4. The second-order valence-corrected chi connectivity index (χ2v) is 7.87. The van der Waals surface area contributed by atoms with Crippen LogP contribution >= 0.6 is 0 Å². The minimum absolute atomic E-state index is 0.000970. The number of carbonyl (C=O) groups excluding carboxylic acids is 3. The highest BCUT2D eigenvalue weighted by Crippen LogP contribution is 2.60. The van der Waals surface area contributed by atoms with Crippen molar-refractivity contribution in [3.05, 3.63) is 0 Å². The molecule has 2 amide bonds. The Morgan fingerprint density at radius 1 is 1.09 bits per heavy atom. The smallest absolute Gasteiger partial charge is 0.240 e. The summed E-state index contributed by atoms with van der Waals surface area (Å²) in [5.41, 5.74) is 5.12. The van der Waals surface area contributed by atoms with E-state index in [0.29, 0.717) is 24.2 Å². The summed E-state index contributed by atoms with van der Waals surface area (Å²) in [5, 5.41) is 2.86. The maximum atomic E-state index is 12.9. The van der Waals surface area contributed by atoms with Crippen molar-refractivity contribution in [3.63, 3.8) is 0 Å². The number of rotatable bonds is 6. The normalized spacial score (nSPS) is 36.9. The number of carbonyl (C=O) groups is 3. The van der Waals surface area contributed by atoms with Crippen LogP contribution in [0.5, 0.6) is 0 Å². The van der Waals surface area contributed by atoms with Gasteiger partial charge in [0.1, 0.15) is 11.8 Å². The van der Waals surface area contributed by atoms with Crippen LogP contribution in [0.25, 0.3) is 0 Å². The average molecular weight is 306 g/mol. The second-order valence-electron chi connectivity index (χ2n) is 7.87. The molecule has 0 aromatic rings. The lowest BCUT2D eigenvalue weighted by Gasteiger charge is -2.55. The largest absolute Gasteiger partial charge is 0.368 e. The van der Waals surface area contributed by atoms with Gasteiger partial charge in [-0.3, -0.25) is 9.59 Å². The fourth-order valence-corrected chi connectivity index (χ4v) is 5.33. The number of hydrogen-bond donors (Lipinski definition) is 2. The molecule has 0 unspecified atom stereocenters. The molecule has 4 saturated carbocycles. The zero-order valence-electron chi connectivity index (χ0n) is 13.3. The van der Waals surface area contributed by atoms with Gasteiger partial charge in [-0.15, -0.1) is 0 Å². The van der Waals surface area contributed by atoms with E-state index in [1.165, 1.54) is 26.2 Å². The van der Waals surface area contributed by atoms with Crippen LogP contribution in [0.2, 0.25) is 0 Å². The molecule has 1 atom stereocenters. The Hall–Kier alpha value is -1.39. The van der Waals surface area contributed by atoms with Crippen LogP contribution in [-0.4, -0.2) is 23.6 Å². The summed E-state index contributed by atoms with van der Waals surface area (Å²) in [7, 11) is 0. The van der Waals surface area contributed by atoms with Crippen LogP contribution in [0.1, 0.15) is 58.3 Å². The molecular formula is C17H26N2O3. The van der Waals surface area contributed by atoms with E-state index in [1.807, 2.05) is 0 Å². The van der Waals surface area contributed by atoms with Gasteiger partial charge in [0, 0.05) is 11.8 Å². The highest BCUT2D eigenvalue weighted by Gasteiger charge is 2.54. The van der Waals surface area contributed by atoms with Crippen molar-refractivity contribution in [3.8, 4) is 0 Å². The first kappa shape index (κ1) is 15.5. The molecule has 0 aliphatic heterocycles. The van der Waals surface area contributed by atoms with Gasteiger partial charge in [-0.2, -0.15) is 0 Å². The van der Waals surface area contributed by atoms with Crippen LogP contribution in [0, 0.1) is 23.2 Å². The van der Waals surface area contributed by atoms with Crippen molar-refractivity contribution in [1.29, 1.82) is 0 Å². The molecule has 0 radical (unpaired) electrons. The molecule has 5 heteroatoms. The number of Topliss-reactive ketones (excluding diaryl/α,β-unsaturated/α-hetero) is 1. The Balaban J connectivity index is 1.67. The topological polar surface area (TPSA) is 89.3 Å². The third-order valence-electron chi connectivity index (χ3n) is 5.95. The molecule has 122 valence electrons. The highest BCUT2D eigenvalue weighted by molar-refractivity contribution is 5.90. The van der Waals surface area contributed by atoms with Gasteiger partial charge in [0.2, 0.25) is 11.8 Å². The fourth-order valence-electron chi connectivity index (χ4n) is 5.33. The average Bonchev–Trinajstić information content (AvgIpc) is 2.41. The summed E-state index contributed by atoms with van der Waals surface area (Å²) in [4.78, 5) is 35.5. The molecular weight excluding hydrogens is 280 g/mol. The molecule has 4 fully saturated rings. The first-order valence-electron chi connectivity index (χ1n) is 8.48. The highest BCUT2D eigenvalue weighted by atomic mass is 16.2. The fraction of sp³-hybridized carbons (Fsp3) is 0.824. The molecule has 4 bridgehead atoms. The van der Waals surface area contributed by atoms with Gasteiger partial charge in [0.15, 0.2) is 0 Å². The monoisotopic (exact) mass is 306 g/mol. The van der Waals surface area contributed by atoms with Gasteiger partial charge < -0.3 is 15.8 Å². The summed E-state index contributed by atoms with van der Waals surface area (Å²) >= 11 is 0. The molecule has 4 aliphatic rings. The van der Waals surface area contributed by atoms with E-state index in [4.69, 9.17) is 5.73 Å². The third-order valence-corrected chi connectivity index (χ3v) is 5.95. The van der Waals surface area contributed by atoms with Crippen molar-refractivity contribution in [2.45, 2.75) is 64.3 Å². The van der Waals surface area contributed by atoms with E-state index < -0.39 is 11.9 Å². The Labute approximate surface area is 131 Å². The van der Waals surface area contributed by atoms with Crippen molar-refractivity contribution in [2.75, 3.05) is 0 Å². The molecule has 0 aromatic heterocycles. The SMILES string of the molecule is CC(=O)CC[C@H](NC(=O)C12CC3CC(CC(C3)C1)C2)C(N)=O. The third kappa shape index (κ3) is 2.90. The predicted octanol–water partition coefficient (Wildman–Crippen LogP) is 1.54. The number of nitrogens with one attached hydrogen (secondary N) is 1. The summed E-state index contributed by atoms with van der Waals surface area (Å²) in [6.07, 6.45) is 7.29. The van der Waals surface area contributed by atoms with Gasteiger partial charge >= 0.3 is 0 Å². The van der Waals surface area contributed by atoms with Gasteiger partial charge in [-0.25, -0.2) is 0 Å². The number of primary amides is 1. The maximum Gasteiger partial charge on any atom is 0.240 e. The number of nitrogens with two attached hydrogens (primary N) is 1. The van der Waals surface area contributed by atoms with Crippen molar-refractivity contribution < 1.29 is 14.4 Å². The standard InChI is InChI=1S/C17H26N2O3/c1-10(20)2-3-14(15(18)21)19-16(22)17-7-11-4-12(8-17)6-13(5-11)9-17/h11-14H,2-9H2,1H3,(H2,18,21)(H,19,22)/t11?,12?,13?,14-,17?/m0/s1. The van der Waals surface area contributed by atoms with Crippen LogP contribution < -0.4 is 11.1 Å². The second kappa shape index (κ2) is 5.67. The van der Waals surface area contributed by atoms with Crippen LogP contribution in [-0.2, 0) is 14.4 Å². The van der Waals surface area contributed by atoms with E-state index in [2.05, 4.69) is 5.32 Å². The van der Waals surface area contributed by atoms with Crippen LogP contribution in [0.15, 0.2) is 0 Å². The molecule has 0 saturated heterocycles. The van der Waals surface area contributed by atoms with Gasteiger partial charge in [-0.05, 0) is 69.6 Å². The van der Waals surface area contributed by atoms with E-state index in [0.717, 1.165) is 19.3 Å². The van der Waals surface area contributed by atoms with Crippen molar-refractivity contribution in [2.24, 2.45) is 28.9 Å². The lowest BCUT2D eigenvalue weighted by Crippen LogP contribution is -2.57. The van der Waals surface area contributed by atoms with Crippen LogP contribution in [0.4, 0.5) is 0 Å². The molecule has 4 aliphatic carbocycles. The summed E-state index contributed by atoms with van der Waals surface area (Å²) < 4.78 is 0. The molecule has 5 nitrogen and oxygen atoms in total. The molecule has 0 aromatic carbocycles.